The lowest BCUT2D eigenvalue weighted by atomic mass is 10.1. The van der Waals surface area contributed by atoms with E-state index in [1.165, 1.54) is 0 Å². The van der Waals surface area contributed by atoms with Crippen molar-refractivity contribution in [3.63, 3.8) is 0 Å². The third-order valence-electron chi connectivity index (χ3n) is 2.90. The lowest BCUT2D eigenvalue weighted by Gasteiger charge is -2.17. The summed E-state index contributed by atoms with van der Waals surface area (Å²) in [6.07, 6.45) is 2.75. The van der Waals surface area contributed by atoms with Gasteiger partial charge >= 0.3 is 0 Å². The first-order valence-corrected chi connectivity index (χ1v) is 8.88. The minimum absolute atomic E-state index is 0.199. The Morgan fingerprint density at radius 1 is 1.35 bits per heavy atom. The lowest BCUT2D eigenvalue weighted by molar-refractivity contribution is 0.198. The molecule has 1 atom stereocenters. The Balaban J connectivity index is 2.84. The summed E-state index contributed by atoms with van der Waals surface area (Å²) in [7, 11) is -3.71. The average Bonchev–Trinajstić information content (AvgIpc) is 2.35. The molecule has 1 aromatic carbocycles. The predicted molar refractivity (Wildman–Crippen MR) is 85.4 cm³/mol. The summed E-state index contributed by atoms with van der Waals surface area (Å²) in [5, 5.41) is 0. The van der Waals surface area contributed by atoms with Crippen LogP contribution in [0.3, 0.4) is 0 Å². The van der Waals surface area contributed by atoms with Crippen LogP contribution in [0, 0.1) is 6.92 Å². The second kappa shape index (κ2) is 7.96. The molecule has 0 bridgehead atoms. The molecular formula is C15H21BrO3S. The minimum Gasteiger partial charge on any atom is -0.263 e. The van der Waals surface area contributed by atoms with Gasteiger partial charge in [-0.15, -0.1) is 0 Å². The van der Waals surface area contributed by atoms with Crippen molar-refractivity contribution in [2.75, 3.05) is 0 Å². The van der Waals surface area contributed by atoms with Gasteiger partial charge in [0.25, 0.3) is 10.1 Å². The van der Waals surface area contributed by atoms with E-state index < -0.39 is 10.1 Å². The smallest absolute Gasteiger partial charge is 0.263 e. The lowest BCUT2D eigenvalue weighted by Crippen LogP contribution is -2.19. The second-order valence-corrected chi connectivity index (χ2v) is 7.54. The van der Waals surface area contributed by atoms with E-state index in [0.717, 1.165) is 22.9 Å². The summed E-state index contributed by atoms with van der Waals surface area (Å²) in [4.78, 5) is 0.199. The van der Waals surface area contributed by atoms with Gasteiger partial charge in [-0.25, -0.2) is 0 Å². The molecule has 112 valence electrons. The molecule has 0 aliphatic rings. The maximum Gasteiger partial charge on any atom is 0.297 e. The Labute approximate surface area is 130 Å². The van der Waals surface area contributed by atoms with Crippen LogP contribution >= 0.6 is 15.9 Å². The third-order valence-corrected chi connectivity index (χ3v) is 4.60. The van der Waals surface area contributed by atoms with Gasteiger partial charge in [0.15, 0.2) is 0 Å². The van der Waals surface area contributed by atoms with Crippen LogP contribution in [0.15, 0.2) is 40.2 Å². The summed E-state index contributed by atoms with van der Waals surface area (Å²) >= 11 is 3.27. The summed E-state index contributed by atoms with van der Waals surface area (Å²) in [5.74, 6) is 0. The predicted octanol–water partition coefficient (Wildman–Crippen LogP) is 4.56. The molecule has 1 rings (SSSR count). The number of hydrogen-bond acceptors (Lipinski definition) is 3. The summed E-state index contributed by atoms with van der Waals surface area (Å²) < 4.78 is 30.6. The van der Waals surface area contributed by atoms with E-state index in [9.17, 15) is 8.42 Å². The van der Waals surface area contributed by atoms with Crippen LogP contribution in [0.1, 0.15) is 38.2 Å². The van der Waals surface area contributed by atoms with Crippen LogP contribution < -0.4 is 0 Å². The highest BCUT2D eigenvalue weighted by molar-refractivity contribution is 9.11. The van der Waals surface area contributed by atoms with Crippen LogP contribution in [0.2, 0.25) is 0 Å². The fourth-order valence-electron chi connectivity index (χ4n) is 1.80. The summed E-state index contributed by atoms with van der Waals surface area (Å²) in [5.41, 5.74) is 1.01. The van der Waals surface area contributed by atoms with Crippen molar-refractivity contribution in [3.8, 4) is 0 Å². The number of benzene rings is 1. The van der Waals surface area contributed by atoms with Gasteiger partial charge in [0.05, 0.1) is 11.0 Å². The Morgan fingerprint density at radius 3 is 2.45 bits per heavy atom. The molecule has 0 fully saturated rings. The van der Waals surface area contributed by atoms with Crippen molar-refractivity contribution in [1.82, 2.24) is 0 Å². The van der Waals surface area contributed by atoms with Crippen LogP contribution in [-0.2, 0) is 14.3 Å². The van der Waals surface area contributed by atoms with Gasteiger partial charge in [-0.3, -0.25) is 4.18 Å². The van der Waals surface area contributed by atoms with E-state index in [1.807, 2.05) is 6.92 Å². The Kier molecular flexibility index (Phi) is 6.92. The molecule has 0 radical (unpaired) electrons. The molecule has 5 heteroatoms. The number of unbranched alkanes of at least 4 members (excludes halogenated alkanes) is 1. The summed E-state index contributed by atoms with van der Waals surface area (Å²) in [6.45, 7) is 7.74. The SMILES string of the molecule is C=C(Br)C[C@@H](CCCC)OS(=O)(=O)c1ccc(C)cc1. The third kappa shape index (κ3) is 5.77. The van der Waals surface area contributed by atoms with Gasteiger partial charge < -0.3 is 0 Å². The first-order valence-electron chi connectivity index (χ1n) is 6.68. The molecule has 0 spiro atoms. The van der Waals surface area contributed by atoms with E-state index in [4.69, 9.17) is 4.18 Å². The molecule has 0 amide bonds. The molecule has 0 aliphatic carbocycles. The van der Waals surface area contributed by atoms with Crippen molar-refractivity contribution >= 4 is 26.0 Å². The Morgan fingerprint density at radius 2 is 1.95 bits per heavy atom. The molecule has 0 aliphatic heterocycles. The largest absolute Gasteiger partial charge is 0.297 e. The van der Waals surface area contributed by atoms with E-state index in [-0.39, 0.29) is 11.0 Å². The van der Waals surface area contributed by atoms with Crippen molar-refractivity contribution in [3.05, 3.63) is 40.9 Å². The standard InChI is InChI=1S/C15H21BrO3S/c1-4-5-6-14(11-13(3)16)19-20(17,18)15-9-7-12(2)8-10-15/h7-10,14H,3-6,11H2,1-2H3/t14-/m1/s1. The molecule has 0 saturated carbocycles. The topological polar surface area (TPSA) is 43.4 Å². The van der Waals surface area contributed by atoms with Gasteiger partial charge in [-0.05, 0) is 30.0 Å². The number of halogens is 1. The highest BCUT2D eigenvalue weighted by atomic mass is 79.9. The van der Waals surface area contributed by atoms with Gasteiger partial charge in [0, 0.05) is 6.42 Å². The highest BCUT2D eigenvalue weighted by Crippen LogP contribution is 2.23. The Bertz CT molecular complexity index is 535. The van der Waals surface area contributed by atoms with E-state index in [2.05, 4.69) is 29.4 Å². The zero-order valence-corrected chi connectivity index (χ0v) is 14.3. The monoisotopic (exact) mass is 360 g/mol. The maximum atomic E-state index is 12.2. The van der Waals surface area contributed by atoms with Crippen molar-refractivity contribution in [2.45, 2.75) is 50.5 Å². The second-order valence-electron chi connectivity index (χ2n) is 4.85. The van der Waals surface area contributed by atoms with E-state index >= 15 is 0 Å². The highest BCUT2D eigenvalue weighted by Gasteiger charge is 2.21. The number of hydrogen-bond donors (Lipinski definition) is 0. The van der Waals surface area contributed by atoms with E-state index in [1.54, 1.807) is 24.3 Å². The quantitative estimate of drug-likeness (QED) is 0.638. The zero-order chi connectivity index (χ0) is 15.2. The van der Waals surface area contributed by atoms with Gasteiger partial charge in [0.1, 0.15) is 0 Å². The normalized spacial score (nSPS) is 13.2. The molecule has 0 N–H and O–H groups in total. The fraction of sp³-hybridized carbons (Fsp3) is 0.467. The van der Waals surface area contributed by atoms with Crippen LogP contribution in [0.25, 0.3) is 0 Å². The molecule has 0 aromatic heterocycles. The molecule has 3 nitrogen and oxygen atoms in total. The van der Waals surface area contributed by atoms with Crippen LogP contribution in [0.5, 0.6) is 0 Å². The number of rotatable bonds is 8. The molecule has 0 unspecified atom stereocenters. The number of aryl methyl sites for hydroxylation is 1. The fourth-order valence-corrected chi connectivity index (χ4v) is 3.27. The van der Waals surface area contributed by atoms with E-state index in [0.29, 0.717) is 12.8 Å². The minimum atomic E-state index is -3.71. The molecule has 1 aromatic rings. The maximum absolute atomic E-state index is 12.2. The van der Waals surface area contributed by atoms with Gasteiger partial charge in [-0.1, -0.05) is 60.0 Å². The van der Waals surface area contributed by atoms with Crippen molar-refractivity contribution in [2.24, 2.45) is 0 Å². The van der Waals surface area contributed by atoms with Gasteiger partial charge in [0.2, 0.25) is 0 Å². The van der Waals surface area contributed by atoms with Crippen molar-refractivity contribution < 1.29 is 12.6 Å². The average molecular weight is 361 g/mol. The Hall–Kier alpha value is -0.650. The van der Waals surface area contributed by atoms with Crippen LogP contribution in [-0.4, -0.2) is 14.5 Å². The van der Waals surface area contributed by atoms with Crippen molar-refractivity contribution in [1.29, 1.82) is 0 Å². The first kappa shape index (κ1) is 17.4. The molecule has 20 heavy (non-hydrogen) atoms. The zero-order valence-electron chi connectivity index (χ0n) is 11.9. The first-order chi connectivity index (χ1) is 9.35. The van der Waals surface area contributed by atoms with Gasteiger partial charge in [-0.2, -0.15) is 8.42 Å². The molecular weight excluding hydrogens is 340 g/mol. The molecule has 0 saturated heterocycles. The molecule has 0 heterocycles. The summed E-state index contributed by atoms with van der Waals surface area (Å²) in [6, 6.07) is 6.68. The van der Waals surface area contributed by atoms with Crippen LogP contribution in [0.4, 0.5) is 0 Å².